The molecule has 0 heterocycles. The van der Waals surface area contributed by atoms with Gasteiger partial charge >= 0.3 is 6.18 Å². The number of halogens is 5. The zero-order valence-electron chi connectivity index (χ0n) is 9.80. The van der Waals surface area contributed by atoms with Gasteiger partial charge in [0.05, 0.1) is 22.8 Å². The van der Waals surface area contributed by atoms with E-state index < -0.39 is 16.8 Å². The standard InChI is InChI=1S/C12H9Cl2F3N2/c1-2-8(13)6-19(7-18)9-3-4-11(14)10(5-9)12(15,16)17/h2-5H,6H2,1H3. The zero-order valence-corrected chi connectivity index (χ0v) is 11.3. The van der Waals surface area contributed by atoms with E-state index in [1.807, 2.05) is 0 Å². The molecule has 7 heteroatoms. The molecule has 0 aromatic heterocycles. The summed E-state index contributed by atoms with van der Waals surface area (Å²) < 4.78 is 38.1. The summed E-state index contributed by atoms with van der Waals surface area (Å²) in [5.74, 6) is 0. The number of alkyl halides is 3. The van der Waals surface area contributed by atoms with Gasteiger partial charge in [0.15, 0.2) is 6.19 Å². The average Bonchev–Trinajstić information content (AvgIpc) is 2.35. The molecule has 19 heavy (non-hydrogen) atoms. The predicted molar refractivity (Wildman–Crippen MR) is 69.0 cm³/mol. The number of anilines is 1. The number of allylic oxidation sites excluding steroid dienone is 1. The Balaban J connectivity index is 3.18. The number of rotatable bonds is 3. The molecule has 0 atom stereocenters. The Morgan fingerprint density at radius 1 is 1.47 bits per heavy atom. The molecule has 0 saturated heterocycles. The summed E-state index contributed by atoms with van der Waals surface area (Å²) >= 11 is 11.3. The first-order valence-electron chi connectivity index (χ1n) is 5.14. The van der Waals surface area contributed by atoms with Crippen molar-refractivity contribution in [2.45, 2.75) is 13.1 Å². The first kappa shape index (κ1) is 15.7. The Hall–Kier alpha value is -1.38. The number of nitrogens with zero attached hydrogens (tertiary/aromatic N) is 2. The summed E-state index contributed by atoms with van der Waals surface area (Å²) in [7, 11) is 0. The van der Waals surface area contributed by atoms with Gasteiger partial charge in [0, 0.05) is 5.03 Å². The van der Waals surface area contributed by atoms with Crippen molar-refractivity contribution in [3.05, 3.63) is 39.9 Å². The maximum Gasteiger partial charge on any atom is 0.417 e. The Labute approximate surface area is 118 Å². The third kappa shape index (κ3) is 4.05. The van der Waals surface area contributed by atoms with Crippen LogP contribution >= 0.6 is 23.2 Å². The largest absolute Gasteiger partial charge is 0.417 e. The maximum atomic E-state index is 12.7. The molecule has 0 aliphatic rings. The van der Waals surface area contributed by atoms with E-state index in [2.05, 4.69) is 0 Å². The minimum absolute atomic E-state index is 0.00743. The van der Waals surface area contributed by atoms with Crippen LogP contribution in [0.3, 0.4) is 0 Å². The molecular weight excluding hydrogens is 300 g/mol. The summed E-state index contributed by atoms with van der Waals surface area (Å²) in [5, 5.41) is 8.90. The molecule has 0 radical (unpaired) electrons. The monoisotopic (exact) mass is 308 g/mol. The molecular formula is C12H9Cl2F3N2. The van der Waals surface area contributed by atoms with Gasteiger partial charge in [-0.05, 0) is 25.1 Å². The number of nitriles is 1. The summed E-state index contributed by atoms with van der Waals surface area (Å²) in [6, 6.07) is 3.26. The smallest absolute Gasteiger partial charge is 0.274 e. The molecule has 0 saturated carbocycles. The summed E-state index contributed by atoms with van der Waals surface area (Å²) in [6.07, 6.45) is -1.23. The van der Waals surface area contributed by atoms with Crippen molar-refractivity contribution in [2.24, 2.45) is 0 Å². The second kappa shape index (κ2) is 6.18. The van der Waals surface area contributed by atoms with E-state index in [-0.39, 0.29) is 12.2 Å². The molecule has 1 aromatic carbocycles. The van der Waals surface area contributed by atoms with Gasteiger partial charge in [0.25, 0.3) is 0 Å². The minimum Gasteiger partial charge on any atom is -0.274 e. The van der Waals surface area contributed by atoms with Crippen LogP contribution in [-0.2, 0) is 6.18 Å². The van der Waals surface area contributed by atoms with Crippen LogP contribution in [0.1, 0.15) is 12.5 Å². The van der Waals surface area contributed by atoms with Crippen molar-refractivity contribution in [1.82, 2.24) is 0 Å². The van der Waals surface area contributed by atoms with Crippen LogP contribution in [0, 0.1) is 11.5 Å². The van der Waals surface area contributed by atoms with Crippen LogP contribution < -0.4 is 4.90 Å². The second-order valence-electron chi connectivity index (χ2n) is 3.58. The fourth-order valence-corrected chi connectivity index (χ4v) is 1.67. The maximum absolute atomic E-state index is 12.7. The zero-order chi connectivity index (χ0) is 14.6. The van der Waals surface area contributed by atoms with Gasteiger partial charge in [0.2, 0.25) is 0 Å². The topological polar surface area (TPSA) is 27.0 Å². The predicted octanol–water partition coefficient (Wildman–Crippen LogP) is 4.79. The minimum atomic E-state index is -4.57. The Morgan fingerprint density at radius 2 is 2.11 bits per heavy atom. The van der Waals surface area contributed by atoms with E-state index in [1.54, 1.807) is 19.2 Å². The van der Waals surface area contributed by atoms with Gasteiger partial charge in [-0.3, -0.25) is 4.90 Å². The van der Waals surface area contributed by atoms with E-state index in [4.69, 9.17) is 28.5 Å². The van der Waals surface area contributed by atoms with Gasteiger partial charge in [-0.2, -0.15) is 18.4 Å². The summed E-state index contributed by atoms with van der Waals surface area (Å²) in [5.41, 5.74) is -0.900. The molecule has 0 bridgehead atoms. The van der Waals surface area contributed by atoms with Crippen LogP contribution in [0.25, 0.3) is 0 Å². The molecule has 1 aromatic rings. The number of hydrogen-bond donors (Lipinski definition) is 0. The van der Waals surface area contributed by atoms with Crippen molar-refractivity contribution in [1.29, 1.82) is 5.26 Å². The molecule has 0 aliphatic heterocycles. The lowest BCUT2D eigenvalue weighted by Crippen LogP contribution is -2.19. The third-order valence-electron chi connectivity index (χ3n) is 2.31. The van der Waals surface area contributed by atoms with Crippen molar-refractivity contribution < 1.29 is 13.2 Å². The first-order chi connectivity index (χ1) is 8.79. The Morgan fingerprint density at radius 3 is 2.58 bits per heavy atom. The van der Waals surface area contributed by atoms with E-state index in [1.165, 1.54) is 6.07 Å². The SMILES string of the molecule is CC=C(Cl)CN(C#N)c1ccc(Cl)c(C(F)(F)F)c1. The van der Waals surface area contributed by atoms with Gasteiger partial charge in [-0.1, -0.05) is 29.3 Å². The van der Waals surface area contributed by atoms with Crippen molar-refractivity contribution >= 4 is 28.9 Å². The van der Waals surface area contributed by atoms with Gasteiger partial charge < -0.3 is 0 Å². The highest BCUT2D eigenvalue weighted by atomic mass is 35.5. The molecule has 0 aliphatic carbocycles. The van der Waals surface area contributed by atoms with Gasteiger partial charge in [0.1, 0.15) is 0 Å². The van der Waals surface area contributed by atoms with Gasteiger partial charge in [-0.15, -0.1) is 0 Å². The molecule has 0 N–H and O–H groups in total. The lowest BCUT2D eigenvalue weighted by molar-refractivity contribution is -0.137. The second-order valence-corrected chi connectivity index (χ2v) is 4.48. The van der Waals surface area contributed by atoms with E-state index >= 15 is 0 Å². The normalized spacial score (nSPS) is 12.2. The molecule has 0 unspecified atom stereocenters. The van der Waals surface area contributed by atoms with Crippen LogP contribution in [0.2, 0.25) is 5.02 Å². The Kier molecular flexibility index (Phi) is 5.10. The van der Waals surface area contributed by atoms with E-state index in [0.717, 1.165) is 17.0 Å². The van der Waals surface area contributed by atoms with E-state index in [9.17, 15) is 13.2 Å². The quantitative estimate of drug-likeness (QED) is 0.593. The lowest BCUT2D eigenvalue weighted by Gasteiger charge is -2.17. The molecule has 0 spiro atoms. The van der Waals surface area contributed by atoms with Gasteiger partial charge in [-0.25, -0.2) is 0 Å². The lowest BCUT2D eigenvalue weighted by atomic mass is 10.2. The highest BCUT2D eigenvalue weighted by Gasteiger charge is 2.33. The van der Waals surface area contributed by atoms with Crippen molar-refractivity contribution in [2.75, 3.05) is 11.4 Å². The van der Waals surface area contributed by atoms with E-state index in [0.29, 0.717) is 5.03 Å². The van der Waals surface area contributed by atoms with Crippen LogP contribution in [0.5, 0.6) is 0 Å². The van der Waals surface area contributed by atoms with Crippen LogP contribution in [0.4, 0.5) is 18.9 Å². The van der Waals surface area contributed by atoms with Crippen LogP contribution in [0.15, 0.2) is 29.3 Å². The van der Waals surface area contributed by atoms with Crippen LogP contribution in [-0.4, -0.2) is 6.54 Å². The van der Waals surface area contributed by atoms with Crippen molar-refractivity contribution in [3.63, 3.8) is 0 Å². The average molecular weight is 309 g/mol. The Bertz CT molecular complexity index is 533. The molecule has 1 rings (SSSR count). The third-order valence-corrected chi connectivity index (χ3v) is 2.98. The number of hydrogen-bond acceptors (Lipinski definition) is 2. The fraction of sp³-hybridized carbons (Fsp3) is 0.250. The molecule has 0 fully saturated rings. The highest BCUT2D eigenvalue weighted by Crippen LogP contribution is 2.37. The molecule has 102 valence electrons. The highest BCUT2D eigenvalue weighted by molar-refractivity contribution is 6.31. The summed E-state index contributed by atoms with van der Waals surface area (Å²) in [6.45, 7) is 1.67. The molecule has 2 nitrogen and oxygen atoms in total. The fourth-order valence-electron chi connectivity index (χ4n) is 1.33. The molecule has 0 amide bonds. The summed E-state index contributed by atoms with van der Waals surface area (Å²) in [4.78, 5) is 1.05. The first-order valence-corrected chi connectivity index (χ1v) is 5.90. The number of benzene rings is 1. The van der Waals surface area contributed by atoms with Crippen molar-refractivity contribution in [3.8, 4) is 6.19 Å².